The van der Waals surface area contributed by atoms with Crippen LogP contribution in [0.3, 0.4) is 0 Å². The summed E-state index contributed by atoms with van der Waals surface area (Å²) in [5.41, 5.74) is 10.3. The molecule has 3 aromatic heterocycles. The molecule has 4 rings (SSSR count). The van der Waals surface area contributed by atoms with Gasteiger partial charge in [0.15, 0.2) is 0 Å². The molecule has 2 N–H and O–H groups in total. The third-order valence-electron chi connectivity index (χ3n) is 4.73. The molecule has 0 fully saturated rings. The summed E-state index contributed by atoms with van der Waals surface area (Å²) in [7, 11) is 1.61. The largest absolute Gasteiger partial charge is 0.494 e. The van der Waals surface area contributed by atoms with Gasteiger partial charge in [-0.1, -0.05) is 39.0 Å². The zero-order valence-corrected chi connectivity index (χ0v) is 17.0. The molecule has 29 heavy (non-hydrogen) atoms. The summed E-state index contributed by atoms with van der Waals surface area (Å²) in [4.78, 5) is 13.6. The molecule has 0 bridgehead atoms. The van der Waals surface area contributed by atoms with Gasteiger partial charge in [0.05, 0.1) is 31.2 Å². The van der Waals surface area contributed by atoms with Gasteiger partial charge in [0.2, 0.25) is 5.95 Å². The van der Waals surface area contributed by atoms with E-state index in [9.17, 15) is 0 Å². The summed E-state index contributed by atoms with van der Waals surface area (Å²) in [5, 5.41) is 5.37. The maximum Gasteiger partial charge on any atom is 0.221 e. The lowest BCUT2D eigenvalue weighted by molar-refractivity contribution is 0.419. The number of anilines is 1. The molecule has 0 amide bonds. The number of methoxy groups -OCH3 is 1. The molecule has 0 unspecified atom stereocenters. The Balaban J connectivity index is 1.70. The highest BCUT2D eigenvalue weighted by atomic mass is 16.5. The molecule has 0 atom stereocenters. The number of para-hydroxylation sites is 1. The van der Waals surface area contributed by atoms with Crippen LogP contribution >= 0.6 is 0 Å². The summed E-state index contributed by atoms with van der Waals surface area (Å²) >= 11 is 0. The molecule has 0 saturated carbocycles. The summed E-state index contributed by atoms with van der Waals surface area (Å²) < 4.78 is 7.28. The minimum atomic E-state index is 0.00173. The number of aromatic nitrogens is 5. The van der Waals surface area contributed by atoms with Gasteiger partial charge in [-0.05, 0) is 18.2 Å². The van der Waals surface area contributed by atoms with Crippen LogP contribution in [0.15, 0.2) is 48.8 Å². The van der Waals surface area contributed by atoms with Crippen molar-refractivity contribution in [2.45, 2.75) is 32.7 Å². The number of benzene rings is 1. The summed E-state index contributed by atoms with van der Waals surface area (Å²) in [6, 6.07) is 11.8. The van der Waals surface area contributed by atoms with Gasteiger partial charge >= 0.3 is 0 Å². The van der Waals surface area contributed by atoms with Crippen molar-refractivity contribution < 1.29 is 4.74 Å². The third-order valence-corrected chi connectivity index (χ3v) is 4.73. The Morgan fingerprint density at radius 3 is 2.59 bits per heavy atom. The summed E-state index contributed by atoms with van der Waals surface area (Å²) in [6.45, 7) is 7.05. The van der Waals surface area contributed by atoms with Crippen LogP contribution in [0.4, 0.5) is 5.95 Å². The molecule has 0 aliphatic heterocycles. The van der Waals surface area contributed by atoms with Gasteiger partial charge in [-0.15, -0.1) is 0 Å². The van der Waals surface area contributed by atoms with Crippen LogP contribution in [0.1, 0.15) is 32.2 Å². The lowest BCUT2D eigenvalue weighted by atomic mass is 9.91. The average Bonchev–Trinajstić information content (AvgIpc) is 3.14. The van der Waals surface area contributed by atoms with Gasteiger partial charge in [-0.25, -0.2) is 9.97 Å². The molecular weight excluding hydrogens is 364 g/mol. The van der Waals surface area contributed by atoms with Crippen LogP contribution in [0, 0.1) is 0 Å². The van der Waals surface area contributed by atoms with Gasteiger partial charge < -0.3 is 10.5 Å². The molecule has 3 heterocycles. The molecular formula is C22H24N6O. The fourth-order valence-electron chi connectivity index (χ4n) is 3.25. The van der Waals surface area contributed by atoms with Crippen LogP contribution in [-0.4, -0.2) is 31.8 Å². The number of nitrogens with zero attached hydrogens (tertiary/aromatic N) is 5. The Kier molecular flexibility index (Phi) is 4.66. The molecule has 1 aromatic carbocycles. The molecule has 4 aromatic rings. The monoisotopic (exact) mass is 388 g/mol. The van der Waals surface area contributed by atoms with Crippen LogP contribution in [-0.2, 0) is 12.0 Å². The van der Waals surface area contributed by atoms with Crippen molar-refractivity contribution in [2.24, 2.45) is 0 Å². The van der Waals surface area contributed by atoms with Gasteiger partial charge in [0, 0.05) is 28.3 Å². The Morgan fingerprint density at radius 2 is 1.83 bits per heavy atom. The predicted octanol–water partition coefficient (Wildman–Crippen LogP) is 3.82. The van der Waals surface area contributed by atoms with E-state index in [4.69, 9.17) is 15.5 Å². The molecule has 0 saturated heterocycles. The number of nitrogens with two attached hydrogens (primary N) is 1. The van der Waals surface area contributed by atoms with Crippen molar-refractivity contribution in [1.82, 2.24) is 24.7 Å². The van der Waals surface area contributed by atoms with Crippen molar-refractivity contribution in [3.05, 3.63) is 60.2 Å². The zero-order valence-electron chi connectivity index (χ0n) is 17.0. The van der Waals surface area contributed by atoms with E-state index in [1.54, 1.807) is 13.3 Å². The lowest BCUT2D eigenvalue weighted by Gasteiger charge is -2.18. The highest BCUT2D eigenvalue weighted by Crippen LogP contribution is 2.31. The molecule has 148 valence electrons. The standard InChI is InChI=1S/C22H24N6O/c1-22(2,3)18-10-5-7-15(25-18)13-28-12-14(11-24-28)19-16-8-6-9-17(29-4)20(16)27-21(23)26-19/h5-12H,13H2,1-4H3,(H2,23,26,27). The number of fused-ring (bicyclic) bond motifs is 1. The van der Waals surface area contributed by atoms with Crippen molar-refractivity contribution in [1.29, 1.82) is 0 Å². The van der Waals surface area contributed by atoms with E-state index in [-0.39, 0.29) is 11.4 Å². The van der Waals surface area contributed by atoms with Gasteiger partial charge in [0.25, 0.3) is 0 Å². The molecule has 7 heteroatoms. The topological polar surface area (TPSA) is 91.7 Å². The van der Waals surface area contributed by atoms with E-state index in [2.05, 4.69) is 41.9 Å². The quantitative estimate of drug-likeness (QED) is 0.571. The second-order valence-corrected chi connectivity index (χ2v) is 7.98. The van der Waals surface area contributed by atoms with E-state index in [1.807, 2.05) is 41.2 Å². The maximum absolute atomic E-state index is 5.96. The fraction of sp³-hybridized carbons (Fsp3) is 0.273. The van der Waals surface area contributed by atoms with E-state index in [1.165, 1.54) is 0 Å². The molecule has 0 spiro atoms. The first-order chi connectivity index (χ1) is 13.8. The highest BCUT2D eigenvalue weighted by molar-refractivity contribution is 5.96. The minimum Gasteiger partial charge on any atom is -0.494 e. The van der Waals surface area contributed by atoms with Crippen molar-refractivity contribution >= 4 is 16.9 Å². The normalized spacial score (nSPS) is 11.7. The Morgan fingerprint density at radius 1 is 1.03 bits per heavy atom. The van der Waals surface area contributed by atoms with Crippen LogP contribution in [0.2, 0.25) is 0 Å². The number of hydrogen-bond acceptors (Lipinski definition) is 6. The van der Waals surface area contributed by atoms with Gasteiger partial charge in [-0.2, -0.15) is 5.10 Å². The van der Waals surface area contributed by atoms with E-state index in [0.717, 1.165) is 28.0 Å². The van der Waals surface area contributed by atoms with Crippen molar-refractivity contribution in [3.63, 3.8) is 0 Å². The SMILES string of the molecule is COc1cccc2c(-c3cnn(Cc4cccc(C(C)(C)C)n4)c3)nc(N)nc12. The van der Waals surface area contributed by atoms with E-state index in [0.29, 0.717) is 17.8 Å². The molecule has 0 aliphatic rings. The Labute approximate surface area is 169 Å². The first-order valence-corrected chi connectivity index (χ1v) is 9.44. The van der Waals surface area contributed by atoms with Crippen molar-refractivity contribution in [3.8, 4) is 17.0 Å². The van der Waals surface area contributed by atoms with E-state index < -0.39 is 0 Å². The van der Waals surface area contributed by atoms with E-state index >= 15 is 0 Å². The first kappa shape index (κ1) is 18.9. The van der Waals surface area contributed by atoms with Crippen LogP contribution in [0.5, 0.6) is 5.75 Å². The van der Waals surface area contributed by atoms with Crippen LogP contribution < -0.4 is 10.5 Å². The second kappa shape index (κ2) is 7.16. The fourth-order valence-corrected chi connectivity index (χ4v) is 3.25. The zero-order chi connectivity index (χ0) is 20.6. The number of rotatable bonds is 4. The number of hydrogen-bond donors (Lipinski definition) is 1. The Hall–Kier alpha value is -3.48. The molecule has 7 nitrogen and oxygen atoms in total. The Bertz CT molecular complexity index is 1180. The number of pyridine rings is 1. The van der Waals surface area contributed by atoms with Crippen LogP contribution in [0.25, 0.3) is 22.2 Å². The third kappa shape index (κ3) is 3.76. The predicted molar refractivity (Wildman–Crippen MR) is 114 cm³/mol. The lowest BCUT2D eigenvalue weighted by Crippen LogP contribution is -2.15. The summed E-state index contributed by atoms with van der Waals surface area (Å²) in [6.07, 6.45) is 3.74. The van der Waals surface area contributed by atoms with Crippen molar-refractivity contribution in [2.75, 3.05) is 12.8 Å². The number of nitrogen functional groups attached to an aromatic ring is 1. The average molecular weight is 388 g/mol. The summed E-state index contributed by atoms with van der Waals surface area (Å²) in [5.74, 6) is 0.859. The second-order valence-electron chi connectivity index (χ2n) is 7.98. The smallest absolute Gasteiger partial charge is 0.221 e. The maximum atomic E-state index is 5.96. The van der Waals surface area contributed by atoms with Gasteiger partial charge in [-0.3, -0.25) is 9.67 Å². The highest BCUT2D eigenvalue weighted by Gasteiger charge is 2.16. The molecule has 0 radical (unpaired) electrons. The molecule has 0 aliphatic carbocycles. The minimum absolute atomic E-state index is 0.00173. The van der Waals surface area contributed by atoms with Gasteiger partial charge in [0.1, 0.15) is 11.3 Å². The number of ether oxygens (including phenoxy) is 1. The first-order valence-electron chi connectivity index (χ1n) is 9.44.